The number of aromatic amines is 1. The number of nitrogens with zero attached hydrogens (tertiary/aromatic N) is 2. The summed E-state index contributed by atoms with van der Waals surface area (Å²) in [6.45, 7) is 2.48. The van der Waals surface area contributed by atoms with Gasteiger partial charge in [0.15, 0.2) is 5.82 Å². The van der Waals surface area contributed by atoms with E-state index in [9.17, 15) is 18.0 Å². The van der Waals surface area contributed by atoms with Gasteiger partial charge in [0.2, 0.25) is 21.8 Å². The molecule has 2 saturated heterocycles. The standard InChI is InChI=1S/C30H40ClN7O5S/c1-44(41,42)37-26(9-4-19-10-12-33-13-11-19)30(40)38-17-23(43-18-20-2-6-22(31)7-3-20)15-27(38)29(39)34-16-21-5-8-25-24(14-21)28(32)36-35-25/h2-3,5-8,14,19,23,26-27,33,37H,4,9-13,15-18H2,1H3,(H,34,39)(H3,32,35,36)/t23-,26-,27-/m1/s1. The number of piperidine rings is 1. The van der Waals surface area contributed by atoms with Crippen LogP contribution in [0.1, 0.15) is 43.2 Å². The number of carbonyl (C=O) groups is 2. The van der Waals surface area contributed by atoms with Crippen molar-refractivity contribution >= 4 is 50.2 Å². The number of aromatic nitrogens is 2. The van der Waals surface area contributed by atoms with E-state index in [-0.39, 0.29) is 32.0 Å². The summed E-state index contributed by atoms with van der Waals surface area (Å²) in [5.74, 6) is 0.0142. The lowest BCUT2D eigenvalue weighted by Gasteiger charge is -2.30. The molecule has 2 fully saturated rings. The number of benzene rings is 2. The lowest BCUT2D eigenvalue weighted by atomic mass is 9.91. The lowest BCUT2D eigenvalue weighted by Crippen LogP contribution is -2.53. The maximum Gasteiger partial charge on any atom is 0.243 e. The third kappa shape index (κ3) is 8.48. The van der Waals surface area contributed by atoms with E-state index >= 15 is 0 Å². The minimum absolute atomic E-state index is 0.164. The van der Waals surface area contributed by atoms with Crippen molar-refractivity contribution in [2.75, 3.05) is 31.6 Å². The zero-order valence-corrected chi connectivity index (χ0v) is 26.3. The van der Waals surface area contributed by atoms with Gasteiger partial charge in [-0.2, -0.15) is 5.10 Å². The van der Waals surface area contributed by atoms with Crippen LogP contribution in [0.4, 0.5) is 5.82 Å². The van der Waals surface area contributed by atoms with Gasteiger partial charge in [-0.1, -0.05) is 29.8 Å². The Labute approximate surface area is 262 Å². The highest BCUT2D eigenvalue weighted by molar-refractivity contribution is 7.88. The van der Waals surface area contributed by atoms with Crippen molar-refractivity contribution in [3.63, 3.8) is 0 Å². The zero-order chi connectivity index (χ0) is 31.3. The van der Waals surface area contributed by atoms with Crippen LogP contribution in [0.3, 0.4) is 0 Å². The topological polar surface area (TPSA) is 172 Å². The van der Waals surface area contributed by atoms with E-state index in [0.717, 1.165) is 54.2 Å². The first-order chi connectivity index (χ1) is 21.1. The van der Waals surface area contributed by atoms with E-state index in [4.69, 9.17) is 22.1 Å². The number of hydrogen-bond donors (Lipinski definition) is 5. The van der Waals surface area contributed by atoms with Crippen molar-refractivity contribution in [1.82, 2.24) is 30.5 Å². The molecular formula is C30H40ClN7O5S. The van der Waals surface area contributed by atoms with Crippen molar-refractivity contribution in [3.8, 4) is 0 Å². The van der Waals surface area contributed by atoms with E-state index in [1.807, 2.05) is 30.3 Å². The molecule has 2 aromatic carbocycles. The second kappa shape index (κ2) is 14.2. The number of rotatable bonds is 12. The van der Waals surface area contributed by atoms with Crippen LogP contribution in [0, 0.1) is 5.92 Å². The predicted molar refractivity (Wildman–Crippen MR) is 169 cm³/mol. The number of likely N-dealkylation sites (tertiary alicyclic amines) is 1. The van der Waals surface area contributed by atoms with Gasteiger partial charge < -0.3 is 26.0 Å². The Kier molecular flexibility index (Phi) is 10.4. The third-order valence-electron chi connectivity index (χ3n) is 8.35. The number of halogens is 1. The quantitative estimate of drug-likeness (QED) is 0.200. The molecule has 12 nitrogen and oxygen atoms in total. The first-order valence-electron chi connectivity index (χ1n) is 14.9. The molecule has 5 rings (SSSR count). The molecule has 2 aliphatic heterocycles. The molecule has 0 bridgehead atoms. The molecular weight excluding hydrogens is 606 g/mol. The summed E-state index contributed by atoms with van der Waals surface area (Å²) in [6.07, 6.45) is 3.92. The van der Waals surface area contributed by atoms with E-state index in [0.29, 0.717) is 29.6 Å². The molecule has 3 heterocycles. The van der Waals surface area contributed by atoms with Gasteiger partial charge in [0.25, 0.3) is 0 Å². The Hall–Kier alpha value is -3.23. The average Bonchev–Trinajstić information content (AvgIpc) is 3.61. The summed E-state index contributed by atoms with van der Waals surface area (Å²) >= 11 is 6.01. The van der Waals surface area contributed by atoms with Gasteiger partial charge in [-0.05, 0) is 80.1 Å². The number of H-pyrrole nitrogens is 1. The Balaban J connectivity index is 1.31. The van der Waals surface area contributed by atoms with Gasteiger partial charge in [-0.15, -0.1) is 0 Å². The number of anilines is 1. The molecule has 238 valence electrons. The fourth-order valence-electron chi connectivity index (χ4n) is 5.97. The molecule has 0 saturated carbocycles. The van der Waals surface area contributed by atoms with Gasteiger partial charge in [-0.25, -0.2) is 13.1 Å². The number of amides is 2. The molecule has 3 atom stereocenters. The Morgan fingerprint density at radius 1 is 1.16 bits per heavy atom. The predicted octanol–water partition coefficient (Wildman–Crippen LogP) is 2.30. The van der Waals surface area contributed by atoms with Crippen LogP contribution in [0.15, 0.2) is 42.5 Å². The molecule has 0 radical (unpaired) electrons. The number of hydrogen-bond acceptors (Lipinski definition) is 8. The highest BCUT2D eigenvalue weighted by atomic mass is 35.5. The monoisotopic (exact) mass is 645 g/mol. The number of nitrogen functional groups attached to an aromatic ring is 1. The van der Waals surface area contributed by atoms with Crippen LogP contribution < -0.4 is 21.1 Å². The normalized spacial score (nSPS) is 20.2. The van der Waals surface area contributed by atoms with Gasteiger partial charge in [-0.3, -0.25) is 14.7 Å². The zero-order valence-electron chi connectivity index (χ0n) is 24.7. The van der Waals surface area contributed by atoms with Crippen molar-refractivity contribution in [3.05, 3.63) is 58.6 Å². The Bertz CT molecular complexity index is 1560. The van der Waals surface area contributed by atoms with Crippen LogP contribution in [-0.4, -0.2) is 79.4 Å². The van der Waals surface area contributed by atoms with Crippen molar-refractivity contribution in [2.45, 2.75) is 63.4 Å². The largest absolute Gasteiger partial charge is 0.382 e. The summed E-state index contributed by atoms with van der Waals surface area (Å²) in [5.41, 5.74) is 8.47. The second-order valence-corrected chi connectivity index (χ2v) is 13.9. The van der Waals surface area contributed by atoms with Crippen LogP contribution in [-0.2, 0) is 37.5 Å². The fourth-order valence-corrected chi connectivity index (χ4v) is 6.83. The van der Waals surface area contributed by atoms with Gasteiger partial charge >= 0.3 is 0 Å². The Morgan fingerprint density at radius 3 is 2.61 bits per heavy atom. The van der Waals surface area contributed by atoms with Crippen LogP contribution in [0.25, 0.3) is 10.9 Å². The first kappa shape index (κ1) is 32.2. The fraction of sp³-hybridized carbons (Fsp3) is 0.500. The van der Waals surface area contributed by atoms with Crippen molar-refractivity contribution in [2.24, 2.45) is 5.92 Å². The van der Waals surface area contributed by atoms with Gasteiger partial charge in [0.05, 0.1) is 24.5 Å². The molecule has 44 heavy (non-hydrogen) atoms. The highest BCUT2D eigenvalue weighted by Gasteiger charge is 2.42. The number of carbonyl (C=O) groups excluding carboxylic acids is 2. The summed E-state index contributed by atoms with van der Waals surface area (Å²) in [5, 5.41) is 14.5. The molecule has 6 N–H and O–H groups in total. The molecule has 0 spiro atoms. The molecule has 14 heteroatoms. The van der Waals surface area contributed by atoms with E-state index in [1.165, 1.54) is 4.90 Å². The third-order valence-corrected chi connectivity index (χ3v) is 9.31. The molecule has 2 amide bonds. The minimum Gasteiger partial charge on any atom is -0.382 e. The SMILES string of the molecule is CS(=O)(=O)N[C@H](CCC1CCNCC1)C(=O)N1C[C@H](OCc2ccc(Cl)cc2)C[C@@H]1C(=O)NCc1ccc2[nH]nc(N)c2c1. The van der Waals surface area contributed by atoms with Crippen LogP contribution >= 0.6 is 11.6 Å². The average molecular weight is 646 g/mol. The lowest BCUT2D eigenvalue weighted by molar-refractivity contribution is -0.140. The number of ether oxygens (including phenoxy) is 1. The van der Waals surface area contributed by atoms with E-state index in [2.05, 4.69) is 25.6 Å². The summed E-state index contributed by atoms with van der Waals surface area (Å²) in [6, 6.07) is 11.0. The summed E-state index contributed by atoms with van der Waals surface area (Å²) < 4.78 is 33.3. The number of fused-ring (bicyclic) bond motifs is 1. The second-order valence-electron chi connectivity index (χ2n) is 11.7. The first-order valence-corrected chi connectivity index (χ1v) is 17.2. The summed E-state index contributed by atoms with van der Waals surface area (Å²) in [7, 11) is -3.69. The van der Waals surface area contributed by atoms with Crippen LogP contribution in [0.5, 0.6) is 0 Å². The van der Waals surface area contributed by atoms with Crippen molar-refractivity contribution < 1.29 is 22.7 Å². The molecule has 0 unspecified atom stereocenters. The smallest absolute Gasteiger partial charge is 0.243 e. The number of sulfonamides is 1. The van der Waals surface area contributed by atoms with Gasteiger partial charge in [0, 0.05) is 29.9 Å². The van der Waals surface area contributed by atoms with E-state index < -0.39 is 34.1 Å². The van der Waals surface area contributed by atoms with Crippen LogP contribution in [0.2, 0.25) is 5.02 Å². The summed E-state index contributed by atoms with van der Waals surface area (Å²) in [4.78, 5) is 29.1. The number of nitrogens with one attached hydrogen (secondary N) is 4. The highest BCUT2D eigenvalue weighted by Crippen LogP contribution is 2.26. The van der Waals surface area contributed by atoms with Crippen molar-refractivity contribution in [1.29, 1.82) is 0 Å². The molecule has 3 aromatic rings. The Morgan fingerprint density at radius 2 is 1.89 bits per heavy atom. The molecule has 2 aliphatic rings. The van der Waals surface area contributed by atoms with E-state index in [1.54, 1.807) is 12.1 Å². The molecule has 1 aromatic heterocycles. The maximum atomic E-state index is 14.0. The number of nitrogens with two attached hydrogens (primary N) is 1. The minimum atomic E-state index is -3.69. The maximum absolute atomic E-state index is 14.0. The molecule has 0 aliphatic carbocycles. The van der Waals surface area contributed by atoms with Gasteiger partial charge in [0.1, 0.15) is 12.1 Å².